The molecular weight excluding hydrogens is 359 g/mol. The molecule has 0 bridgehead atoms. The van der Waals surface area contributed by atoms with Gasteiger partial charge in [-0.25, -0.2) is 4.98 Å². The van der Waals surface area contributed by atoms with Gasteiger partial charge in [-0.1, -0.05) is 29.3 Å². The lowest BCUT2D eigenvalue weighted by molar-refractivity contribution is 0.415. The maximum absolute atomic E-state index is 6.20. The summed E-state index contributed by atoms with van der Waals surface area (Å²) in [6.07, 6.45) is 0. The van der Waals surface area contributed by atoms with E-state index in [2.05, 4.69) is 20.6 Å². The molecule has 0 saturated carbocycles. The summed E-state index contributed by atoms with van der Waals surface area (Å²) in [5.74, 6) is 1.85. The van der Waals surface area contributed by atoms with Gasteiger partial charge in [0, 0.05) is 17.4 Å². The number of nitrogens with one attached hydrogen (secondary N) is 2. The van der Waals surface area contributed by atoms with E-state index in [1.54, 1.807) is 25.3 Å². The van der Waals surface area contributed by atoms with E-state index in [9.17, 15) is 0 Å². The lowest BCUT2D eigenvalue weighted by atomic mass is 10.3. The molecule has 0 atom stereocenters. The molecule has 2 N–H and O–H groups in total. The fourth-order valence-corrected chi connectivity index (χ4v) is 2.73. The maximum atomic E-state index is 6.20. The second-order valence-corrected chi connectivity index (χ2v) is 6.11. The summed E-state index contributed by atoms with van der Waals surface area (Å²) in [6.45, 7) is 1.89. The van der Waals surface area contributed by atoms with E-state index in [0.717, 1.165) is 17.1 Å². The number of rotatable bonds is 5. The van der Waals surface area contributed by atoms with Crippen molar-refractivity contribution in [2.75, 3.05) is 17.7 Å². The Labute approximate surface area is 156 Å². The van der Waals surface area contributed by atoms with Crippen LogP contribution in [0, 0.1) is 6.92 Å². The number of methoxy groups -OCH3 is 1. The lowest BCUT2D eigenvalue weighted by Gasteiger charge is -2.12. The first-order valence-electron chi connectivity index (χ1n) is 7.53. The molecule has 7 heteroatoms. The molecule has 1 aromatic heterocycles. The van der Waals surface area contributed by atoms with E-state index in [-0.39, 0.29) is 0 Å². The lowest BCUT2D eigenvalue weighted by Crippen LogP contribution is -2.03. The van der Waals surface area contributed by atoms with Gasteiger partial charge in [-0.05, 0) is 43.3 Å². The van der Waals surface area contributed by atoms with Crippen molar-refractivity contribution in [1.82, 2.24) is 9.97 Å². The van der Waals surface area contributed by atoms with Crippen LogP contribution in [-0.2, 0) is 0 Å². The van der Waals surface area contributed by atoms with Crippen LogP contribution >= 0.6 is 23.2 Å². The molecule has 25 heavy (non-hydrogen) atoms. The summed E-state index contributed by atoms with van der Waals surface area (Å²) < 4.78 is 5.15. The van der Waals surface area contributed by atoms with Gasteiger partial charge in [-0.3, -0.25) is 0 Å². The van der Waals surface area contributed by atoms with E-state index in [4.69, 9.17) is 27.9 Å². The average molecular weight is 375 g/mol. The number of halogens is 2. The molecule has 0 fully saturated rings. The average Bonchev–Trinajstić information content (AvgIpc) is 2.58. The molecule has 0 amide bonds. The number of anilines is 4. The Morgan fingerprint density at radius 2 is 1.60 bits per heavy atom. The molecule has 1 heterocycles. The third kappa shape index (κ3) is 4.32. The van der Waals surface area contributed by atoms with Crippen LogP contribution in [0.15, 0.2) is 48.5 Å². The van der Waals surface area contributed by atoms with Gasteiger partial charge in [-0.15, -0.1) is 0 Å². The molecule has 0 saturated heterocycles. The van der Waals surface area contributed by atoms with Crippen LogP contribution in [0.2, 0.25) is 10.0 Å². The molecular formula is C18H16Cl2N4O. The number of ether oxygens (including phenoxy) is 1. The summed E-state index contributed by atoms with van der Waals surface area (Å²) in [5, 5.41) is 7.36. The second-order valence-electron chi connectivity index (χ2n) is 5.29. The summed E-state index contributed by atoms with van der Waals surface area (Å²) in [5.41, 5.74) is 2.27. The van der Waals surface area contributed by atoms with Crippen molar-refractivity contribution in [2.45, 2.75) is 6.92 Å². The Kier molecular flexibility index (Phi) is 5.26. The predicted molar refractivity (Wildman–Crippen MR) is 103 cm³/mol. The molecule has 0 unspecified atom stereocenters. The van der Waals surface area contributed by atoms with Crippen molar-refractivity contribution >= 4 is 46.3 Å². The third-order valence-corrected chi connectivity index (χ3v) is 4.05. The summed E-state index contributed by atoms with van der Waals surface area (Å²) in [7, 11) is 1.63. The number of hydrogen-bond acceptors (Lipinski definition) is 5. The zero-order valence-corrected chi connectivity index (χ0v) is 15.2. The first-order valence-corrected chi connectivity index (χ1v) is 8.28. The molecule has 0 radical (unpaired) electrons. The molecule has 3 rings (SSSR count). The molecule has 0 aliphatic heterocycles. The molecule has 128 valence electrons. The molecule has 3 aromatic rings. The Morgan fingerprint density at radius 1 is 0.920 bits per heavy atom. The molecule has 2 aromatic carbocycles. The molecule has 0 spiro atoms. The number of nitrogens with zero attached hydrogens (tertiary/aromatic N) is 2. The monoisotopic (exact) mass is 374 g/mol. The highest BCUT2D eigenvalue weighted by molar-refractivity contribution is 6.39. The van der Waals surface area contributed by atoms with E-state index < -0.39 is 0 Å². The fraction of sp³-hybridized carbons (Fsp3) is 0.111. The van der Waals surface area contributed by atoms with Gasteiger partial charge in [-0.2, -0.15) is 4.98 Å². The van der Waals surface area contributed by atoms with Crippen molar-refractivity contribution in [3.63, 3.8) is 0 Å². The zero-order chi connectivity index (χ0) is 17.8. The van der Waals surface area contributed by atoms with E-state index >= 15 is 0 Å². The number of aromatic nitrogens is 2. The van der Waals surface area contributed by atoms with Crippen molar-refractivity contribution in [3.05, 3.63) is 64.3 Å². The summed E-state index contributed by atoms with van der Waals surface area (Å²) in [6, 6.07) is 14.6. The first-order chi connectivity index (χ1) is 12.0. The maximum Gasteiger partial charge on any atom is 0.229 e. The first kappa shape index (κ1) is 17.3. The number of aryl methyl sites for hydroxylation is 1. The fourth-order valence-electron chi connectivity index (χ4n) is 2.24. The minimum absolute atomic E-state index is 0.468. The van der Waals surface area contributed by atoms with Gasteiger partial charge >= 0.3 is 0 Å². The highest BCUT2D eigenvalue weighted by atomic mass is 35.5. The Hall–Kier alpha value is -2.50. The van der Waals surface area contributed by atoms with Crippen LogP contribution in [0.4, 0.5) is 23.1 Å². The highest BCUT2D eigenvalue weighted by Gasteiger charge is 2.09. The minimum atomic E-state index is 0.468. The van der Waals surface area contributed by atoms with Crippen molar-refractivity contribution in [3.8, 4) is 5.75 Å². The van der Waals surface area contributed by atoms with Crippen LogP contribution < -0.4 is 15.4 Å². The van der Waals surface area contributed by atoms with Crippen LogP contribution in [0.5, 0.6) is 5.75 Å². The topological polar surface area (TPSA) is 59.1 Å². The summed E-state index contributed by atoms with van der Waals surface area (Å²) >= 11 is 12.4. The Balaban J connectivity index is 1.85. The van der Waals surface area contributed by atoms with Gasteiger partial charge in [0.2, 0.25) is 5.95 Å². The van der Waals surface area contributed by atoms with Crippen LogP contribution in [0.3, 0.4) is 0 Å². The van der Waals surface area contributed by atoms with Gasteiger partial charge in [0.25, 0.3) is 0 Å². The van der Waals surface area contributed by atoms with Crippen molar-refractivity contribution in [2.24, 2.45) is 0 Å². The number of hydrogen-bond donors (Lipinski definition) is 2. The molecule has 5 nitrogen and oxygen atoms in total. The van der Waals surface area contributed by atoms with E-state index in [1.165, 1.54) is 0 Å². The Bertz CT molecular complexity index is 864. The Morgan fingerprint density at radius 3 is 2.24 bits per heavy atom. The third-order valence-electron chi connectivity index (χ3n) is 3.42. The minimum Gasteiger partial charge on any atom is -0.497 e. The van der Waals surface area contributed by atoms with Crippen LogP contribution in [0.1, 0.15) is 5.69 Å². The van der Waals surface area contributed by atoms with Gasteiger partial charge in [0.05, 0.1) is 22.8 Å². The SMILES string of the molecule is COc1ccc(Nc2nc(C)cc(Nc3c(Cl)cccc3Cl)n2)cc1. The quantitative estimate of drug-likeness (QED) is 0.609. The second kappa shape index (κ2) is 7.59. The van der Waals surface area contributed by atoms with E-state index in [1.807, 2.05) is 37.3 Å². The zero-order valence-electron chi connectivity index (χ0n) is 13.7. The van der Waals surface area contributed by atoms with Crippen molar-refractivity contribution in [1.29, 1.82) is 0 Å². The molecule has 0 aliphatic carbocycles. The van der Waals surface area contributed by atoms with Gasteiger partial charge < -0.3 is 15.4 Å². The standard InChI is InChI=1S/C18H16Cl2N4O/c1-11-10-16(23-17-14(19)4-3-5-15(17)20)24-18(21-11)22-12-6-8-13(25-2)9-7-12/h3-10H,1-2H3,(H2,21,22,23,24). The largest absolute Gasteiger partial charge is 0.497 e. The van der Waals surface area contributed by atoms with Crippen molar-refractivity contribution < 1.29 is 4.74 Å². The van der Waals surface area contributed by atoms with Crippen LogP contribution in [0.25, 0.3) is 0 Å². The van der Waals surface area contributed by atoms with Gasteiger partial charge in [0.15, 0.2) is 0 Å². The van der Waals surface area contributed by atoms with Gasteiger partial charge in [0.1, 0.15) is 11.6 Å². The highest BCUT2D eigenvalue weighted by Crippen LogP contribution is 2.32. The van der Waals surface area contributed by atoms with Crippen LogP contribution in [-0.4, -0.2) is 17.1 Å². The summed E-state index contributed by atoms with van der Waals surface area (Å²) in [4.78, 5) is 8.87. The number of benzene rings is 2. The predicted octanol–water partition coefficient (Wildman–Crippen LogP) is 5.59. The smallest absolute Gasteiger partial charge is 0.229 e. The normalized spacial score (nSPS) is 10.4. The van der Waals surface area contributed by atoms with E-state index in [0.29, 0.717) is 27.5 Å². The molecule has 0 aliphatic rings. The number of para-hydroxylation sites is 1.